The molecule has 2 heteroatoms. The van der Waals surface area contributed by atoms with Crippen molar-refractivity contribution in [1.82, 2.24) is 0 Å². The minimum absolute atomic E-state index is 0.00721. The van der Waals surface area contributed by atoms with Crippen LogP contribution in [0, 0.1) is 0 Å². The van der Waals surface area contributed by atoms with Crippen LogP contribution in [0.25, 0.3) is 87.7 Å². The van der Waals surface area contributed by atoms with Gasteiger partial charge in [-0.25, -0.2) is 0 Å². The van der Waals surface area contributed by atoms with Gasteiger partial charge in [-0.15, -0.1) is 0 Å². The van der Waals surface area contributed by atoms with E-state index in [2.05, 4.69) is 0 Å². The molecule has 7 aromatic carbocycles. The third-order valence-electron chi connectivity index (χ3n) is 7.20. The number of para-hydroxylation sites is 2. The molecule has 0 N–H and O–H groups in total. The molecule has 0 saturated carbocycles. The summed E-state index contributed by atoms with van der Waals surface area (Å²) in [5, 5.41) is 1.54. The van der Waals surface area contributed by atoms with Crippen molar-refractivity contribution in [2.75, 3.05) is 0 Å². The molecule has 0 amide bonds. The zero-order valence-corrected chi connectivity index (χ0v) is 20.4. The normalized spacial score (nSPS) is 16.9. The Morgan fingerprint density at radius 1 is 0.375 bits per heavy atom. The van der Waals surface area contributed by atoms with Crippen LogP contribution >= 0.6 is 0 Å². The molecule has 40 heavy (non-hydrogen) atoms. The monoisotopic (exact) mass is 524 g/mol. The molecule has 0 unspecified atom stereocenters. The summed E-state index contributed by atoms with van der Waals surface area (Å²) >= 11 is 0. The fourth-order valence-electron chi connectivity index (χ4n) is 5.52. The standard InChI is InChI=1S/C38H22O2/c1-2-12-28-27(11-1)37(23-17-19-35-31(21-23)25-9-5-7-15-33(25)39-35)29-13-3-4-14-30(29)38(28)24-18-20-36-32(22-24)26-10-6-8-16-34(26)40-36/h1-22H/i5D,6D,7D,8D,9D,10D,15D,16D,17D,18D,19D,20D,21D,22D. The summed E-state index contributed by atoms with van der Waals surface area (Å²) in [6.07, 6.45) is 0. The van der Waals surface area contributed by atoms with Gasteiger partial charge in [0.25, 0.3) is 0 Å². The number of fused-ring (bicyclic) bond motifs is 8. The van der Waals surface area contributed by atoms with Gasteiger partial charge in [0.05, 0.1) is 19.2 Å². The first-order valence-electron chi connectivity index (χ1n) is 19.5. The van der Waals surface area contributed by atoms with Crippen molar-refractivity contribution in [3.8, 4) is 22.3 Å². The molecule has 2 aromatic heterocycles. The predicted octanol–water partition coefficient (Wildman–Crippen LogP) is 11.1. The molecule has 2 heterocycles. The lowest BCUT2D eigenvalue weighted by atomic mass is 9.85. The number of benzene rings is 7. The summed E-state index contributed by atoms with van der Waals surface area (Å²) in [7, 11) is 0. The topological polar surface area (TPSA) is 26.3 Å². The highest BCUT2D eigenvalue weighted by atomic mass is 16.3. The molecule has 0 saturated heterocycles. The Morgan fingerprint density at radius 3 is 1.18 bits per heavy atom. The first kappa shape index (κ1) is 12.2. The largest absolute Gasteiger partial charge is 0.456 e. The molecule has 0 spiro atoms. The molecule has 0 aliphatic rings. The Morgan fingerprint density at radius 2 is 0.750 bits per heavy atom. The van der Waals surface area contributed by atoms with Crippen molar-refractivity contribution < 1.29 is 28.0 Å². The summed E-state index contributed by atoms with van der Waals surface area (Å²) in [5.41, 5.74) is -0.232. The molecule has 0 radical (unpaired) electrons. The Hall–Kier alpha value is -5.34. The number of rotatable bonds is 2. The SMILES string of the molecule is [2H]c1c([2H])c([2H])c2c(oc3c([2H])c([2H])c(-c4c5ccccc5c(-c5c([2H])c([2H])c6oc7c([2H])c([2H])c([2H])c([2H])c7c6c5[2H])c5ccccc45)c([2H])c32)c1[2H]. The Kier molecular flexibility index (Phi) is 2.47. The fourth-order valence-corrected chi connectivity index (χ4v) is 5.52. The molecule has 0 atom stereocenters. The summed E-state index contributed by atoms with van der Waals surface area (Å²) in [6.45, 7) is 0. The van der Waals surface area contributed by atoms with Crippen LogP contribution in [0.1, 0.15) is 19.2 Å². The first-order chi connectivity index (χ1) is 25.7. The highest BCUT2D eigenvalue weighted by molar-refractivity contribution is 6.22. The third kappa shape index (κ3) is 2.99. The van der Waals surface area contributed by atoms with Crippen LogP contribution in [0.5, 0.6) is 0 Å². The quantitative estimate of drug-likeness (QED) is 0.210. The minimum atomic E-state index is -0.540. The summed E-state index contributed by atoms with van der Waals surface area (Å²) in [5.74, 6) is 0. The Labute approximate surface area is 249 Å². The molecule has 0 aliphatic carbocycles. The number of furan rings is 2. The molecular formula is C38H22O2. The lowest BCUT2D eigenvalue weighted by Crippen LogP contribution is -1.90. The van der Waals surface area contributed by atoms with Crippen LogP contribution in [0.4, 0.5) is 0 Å². The molecule has 0 aliphatic heterocycles. The van der Waals surface area contributed by atoms with E-state index in [0.29, 0.717) is 32.7 Å². The van der Waals surface area contributed by atoms with Crippen LogP contribution in [-0.4, -0.2) is 0 Å². The van der Waals surface area contributed by atoms with E-state index in [0.717, 1.165) is 0 Å². The molecule has 0 fully saturated rings. The van der Waals surface area contributed by atoms with Crippen molar-refractivity contribution in [2.45, 2.75) is 0 Å². The summed E-state index contributed by atoms with van der Waals surface area (Å²) < 4.78 is 134. The van der Waals surface area contributed by atoms with Gasteiger partial charge in [-0.2, -0.15) is 0 Å². The lowest BCUT2D eigenvalue weighted by Gasteiger charge is -2.17. The predicted molar refractivity (Wildman–Crippen MR) is 167 cm³/mol. The van der Waals surface area contributed by atoms with Crippen LogP contribution in [0.3, 0.4) is 0 Å². The van der Waals surface area contributed by atoms with E-state index in [9.17, 15) is 5.48 Å². The minimum Gasteiger partial charge on any atom is -0.456 e. The molecular weight excluding hydrogens is 488 g/mol. The first-order valence-corrected chi connectivity index (χ1v) is 12.5. The van der Waals surface area contributed by atoms with Gasteiger partial charge in [-0.3, -0.25) is 0 Å². The van der Waals surface area contributed by atoms with E-state index in [1.54, 1.807) is 48.5 Å². The van der Waals surface area contributed by atoms with Gasteiger partial charge in [-0.05, 0) is 80.1 Å². The summed E-state index contributed by atoms with van der Waals surface area (Å²) in [4.78, 5) is 0. The molecule has 0 bridgehead atoms. The zero-order valence-electron chi connectivity index (χ0n) is 34.4. The van der Waals surface area contributed by atoms with Crippen molar-refractivity contribution >= 4 is 65.4 Å². The molecule has 2 nitrogen and oxygen atoms in total. The maximum Gasteiger partial charge on any atom is 0.135 e. The second-order valence-electron chi connectivity index (χ2n) is 9.36. The van der Waals surface area contributed by atoms with Gasteiger partial charge in [0.15, 0.2) is 0 Å². The van der Waals surface area contributed by atoms with Crippen LogP contribution < -0.4 is 0 Å². The van der Waals surface area contributed by atoms with Gasteiger partial charge in [-0.1, -0.05) is 96.9 Å². The van der Waals surface area contributed by atoms with Crippen LogP contribution in [0.15, 0.2) is 142 Å². The van der Waals surface area contributed by atoms with Crippen molar-refractivity contribution in [2.24, 2.45) is 0 Å². The maximum atomic E-state index is 9.52. The highest BCUT2D eigenvalue weighted by Gasteiger charge is 2.18. The van der Waals surface area contributed by atoms with Gasteiger partial charge in [0.1, 0.15) is 22.3 Å². The van der Waals surface area contributed by atoms with Gasteiger partial charge in [0.2, 0.25) is 0 Å². The van der Waals surface area contributed by atoms with E-state index in [4.69, 9.17) is 22.5 Å². The third-order valence-corrected chi connectivity index (χ3v) is 7.20. The van der Waals surface area contributed by atoms with Crippen molar-refractivity contribution in [3.63, 3.8) is 0 Å². The second kappa shape index (κ2) is 8.08. The smallest absolute Gasteiger partial charge is 0.135 e. The molecule has 186 valence electrons. The Bertz CT molecular complexity index is 2950. The molecule has 9 aromatic rings. The van der Waals surface area contributed by atoms with Gasteiger partial charge < -0.3 is 8.83 Å². The maximum absolute atomic E-state index is 9.52. The number of hydrogen-bond acceptors (Lipinski definition) is 2. The van der Waals surface area contributed by atoms with Crippen molar-refractivity contribution in [3.05, 3.63) is 133 Å². The van der Waals surface area contributed by atoms with E-state index in [1.807, 2.05) is 0 Å². The Balaban J connectivity index is 1.47. The van der Waals surface area contributed by atoms with Crippen LogP contribution in [-0.2, 0) is 0 Å². The second-order valence-corrected chi connectivity index (χ2v) is 9.36. The molecule has 9 rings (SSSR count). The fraction of sp³-hybridized carbons (Fsp3) is 0. The zero-order chi connectivity index (χ0) is 38.4. The summed E-state index contributed by atoms with van der Waals surface area (Å²) in [6, 6.07) is 7.58. The number of hydrogen-bond donors (Lipinski definition) is 0. The van der Waals surface area contributed by atoms with E-state index >= 15 is 0 Å². The average Bonchev–Trinajstić information content (AvgIpc) is 3.78. The van der Waals surface area contributed by atoms with E-state index in [-0.39, 0.29) is 79.2 Å². The lowest BCUT2D eigenvalue weighted by molar-refractivity contribution is 0.668. The van der Waals surface area contributed by atoms with E-state index < -0.39 is 60.4 Å². The van der Waals surface area contributed by atoms with Crippen molar-refractivity contribution in [1.29, 1.82) is 0 Å². The highest BCUT2D eigenvalue weighted by Crippen LogP contribution is 2.45. The van der Waals surface area contributed by atoms with Gasteiger partial charge >= 0.3 is 0 Å². The van der Waals surface area contributed by atoms with Gasteiger partial charge in [0, 0.05) is 21.5 Å². The van der Waals surface area contributed by atoms with Crippen LogP contribution in [0.2, 0.25) is 0 Å². The average molecular weight is 525 g/mol. The van der Waals surface area contributed by atoms with E-state index in [1.165, 1.54) is 0 Å².